The van der Waals surface area contributed by atoms with Gasteiger partial charge in [-0.15, -0.1) is 0 Å². The predicted molar refractivity (Wildman–Crippen MR) is 132 cm³/mol. The van der Waals surface area contributed by atoms with Crippen molar-refractivity contribution in [3.05, 3.63) is 53.6 Å². The molecule has 0 saturated carbocycles. The molecule has 2 aromatic carbocycles. The zero-order valence-corrected chi connectivity index (χ0v) is 20.3. The molecule has 9 heteroatoms. The summed E-state index contributed by atoms with van der Waals surface area (Å²) >= 11 is 1.22. The molecule has 2 aromatic rings. The molecule has 0 bridgehead atoms. The molecule has 0 saturated heterocycles. The molecule has 1 N–H and O–H groups in total. The Labute approximate surface area is 198 Å². The van der Waals surface area contributed by atoms with Crippen LogP contribution in [-0.4, -0.2) is 66.4 Å². The standard InChI is InChI=1S/C24H30N4O4S/c1-5-27(6-2)15-23(29)25-19-10-7-17(8-11-19)14-28-24(30)33-16-20(26-28)18-9-12-21(31-3)22(13-18)32-4/h7-13H,5-6,14-16H2,1-4H3,(H,25,29). The molecule has 0 fully saturated rings. The van der Waals surface area contributed by atoms with Crippen molar-refractivity contribution in [3.8, 4) is 11.5 Å². The van der Waals surface area contributed by atoms with Crippen molar-refractivity contribution < 1.29 is 19.1 Å². The second-order valence-corrected chi connectivity index (χ2v) is 8.36. The Hall–Kier alpha value is -3.04. The van der Waals surface area contributed by atoms with Crippen LogP contribution in [0.3, 0.4) is 0 Å². The van der Waals surface area contributed by atoms with Gasteiger partial charge >= 0.3 is 5.24 Å². The average Bonchev–Trinajstić information content (AvgIpc) is 2.84. The van der Waals surface area contributed by atoms with Crippen molar-refractivity contribution >= 4 is 34.3 Å². The molecule has 176 valence electrons. The van der Waals surface area contributed by atoms with E-state index in [4.69, 9.17) is 9.47 Å². The van der Waals surface area contributed by atoms with Gasteiger partial charge in [-0.1, -0.05) is 37.7 Å². The summed E-state index contributed by atoms with van der Waals surface area (Å²) in [6.07, 6.45) is 0. The maximum Gasteiger partial charge on any atom is 0.302 e. The monoisotopic (exact) mass is 470 g/mol. The van der Waals surface area contributed by atoms with Crippen molar-refractivity contribution in [2.24, 2.45) is 5.10 Å². The molecule has 3 rings (SSSR count). The second kappa shape index (κ2) is 11.7. The van der Waals surface area contributed by atoms with E-state index >= 15 is 0 Å². The summed E-state index contributed by atoms with van der Waals surface area (Å²) in [7, 11) is 3.18. The molecular formula is C24H30N4O4S. The van der Waals surface area contributed by atoms with Crippen LogP contribution in [0.1, 0.15) is 25.0 Å². The summed E-state index contributed by atoms with van der Waals surface area (Å²) in [6.45, 7) is 6.43. The molecule has 8 nitrogen and oxygen atoms in total. The van der Waals surface area contributed by atoms with E-state index in [1.165, 1.54) is 16.8 Å². The molecule has 1 heterocycles. The van der Waals surface area contributed by atoms with Gasteiger partial charge in [-0.05, 0) is 49.0 Å². The number of ether oxygens (including phenoxy) is 2. The fraction of sp³-hybridized carbons (Fsp3) is 0.375. The molecule has 0 aliphatic carbocycles. The molecule has 2 amide bonds. The number of rotatable bonds is 10. The van der Waals surface area contributed by atoms with Gasteiger partial charge in [-0.3, -0.25) is 14.5 Å². The third-order valence-electron chi connectivity index (χ3n) is 5.33. The highest BCUT2D eigenvalue weighted by molar-refractivity contribution is 8.14. The summed E-state index contributed by atoms with van der Waals surface area (Å²) in [5, 5.41) is 8.87. The first-order chi connectivity index (χ1) is 16.0. The van der Waals surface area contributed by atoms with Gasteiger partial charge in [0.1, 0.15) is 0 Å². The van der Waals surface area contributed by atoms with E-state index in [0.29, 0.717) is 30.3 Å². The normalized spacial score (nSPS) is 13.7. The van der Waals surface area contributed by atoms with Crippen LogP contribution in [0.4, 0.5) is 10.5 Å². The average molecular weight is 471 g/mol. The molecule has 0 aromatic heterocycles. The number of benzene rings is 2. The fourth-order valence-corrected chi connectivity index (χ4v) is 4.13. The summed E-state index contributed by atoms with van der Waals surface area (Å²) in [5.41, 5.74) is 3.32. The van der Waals surface area contributed by atoms with Crippen LogP contribution in [0.5, 0.6) is 11.5 Å². The topological polar surface area (TPSA) is 83.5 Å². The SMILES string of the molecule is CCN(CC)CC(=O)Nc1ccc(CN2N=C(c3ccc(OC)c(OC)c3)CSC2=O)cc1. The first-order valence-corrected chi connectivity index (χ1v) is 11.8. The van der Waals surface area contributed by atoms with E-state index in [9.17, 15) is 9.59 Å². The van der Waals surface area contributed by atoms with Crippen LogP contribution in [-0.2, 0) is 11.3 Å². The van der Waals surface area contributed by atoms with Crippen LogP contribution >= 0.6 is 11.8 Å². The lowest BCUT2D eigenvalue weighted by atomic mass is 10.1. The second-order valence-electron chi connectivity index (χ2n) is 7.44. The van der Waals surface area contributed by atoms with Crippen molar-refractivity contribution in [2.45, 2.75) is 20.4 Å². The number of likely N-dealkylation sites (N-methyl/N-ethyl adjacent to an activating group) is 1. The fourth-order valence-electron chi connectivity index (χ4n) is 3.39. The third-order valence-corrected chi connectivity index (χ3v) is 6.21. The molecule has 0 spiro atoms. The maximum atomic E-state index is 12.4. The summed E-state index contributed by atoms with van der Waals surface area (Å²) in [5.74, 6) is 1.70. The minimum absolute atomic E-state index is 0.0433. The number of thioether (sulfide) groups is 1. The predicted octanol–water partition coefficient (Wildman–Crippen LogP) is 4.06. The van der Waals surface area contributed by atoms with E-state index in [1.54, 1.807) is 14.2 Å². The van der Waals surface area contributed by atoms with Gasteiger partial charge in [-0.2, -0.15) is 5.10 Å². The summed E-state index contributed by atoms with van der Waals surface area (Å²) in [4.78, 5) is 26.7. The van der Waals surface area contributed by atoms with Gasteiger partial charge in [0.25, 0.3) is 0 Å². The van der Waals surface area contributed by atoms with E-state index in [1.807, 2.05) is 56.3 Å². The number of nitrogens with one attached hydrogen (secondary N) is 1. The molecule has 33 heavy (non-hydrogen) atoms. The first-order valence-electron chi connectivity index (χ1n) is 10.8. The van der Waals surface area contributed by atoms with Gasteiger partial charge in [0.2, 0.25) is 5.91 Å². The lowest BCUT2D eigenvalue weighted by molar-refractivity contribution is -0.117. The Morgan fingerprint density at radius 2 is 1.79 bits per heavy atom. The van der Waals surface area contributed by atoms with Gasteiger partial charge < -0.3 is 14.8 Å². The number of hydrogen-bond donors (Lipinski definition) is 1. The molecule has 0 radical (unpaired) electrons. The molecule has 0 unspecified atom stereocenters. The smallest absolute Gasteiger partial charge is 0.302 e. The van der Waals surface area contributed by atoms with Gasteiger partial charge in [-0.25, -0.2) is 5.01 Å². The number of nitrogens with zero attached hydrogens (tertiary/aromatic N) is 3. The number of methoxy groups -OCH3 is 2. The zero-order chi connectivity index (χ0) is 23.8. The van der Waals surface area contributed by atoms with Crippen LogP contribution in [0.2, 0.25) is 0 Å². The van der Waals surface area contributed by atoms with E-state index in [0.717, 1.165) is 35.6 Å². The van der Waals surface area contributed by atoms with E-state index in [-0.39, 0.29) is 11.1 Å². The number of carbonyl (C=O) groups is 2. The van der Waals surface area contributed by atoms with Crippen molar-refractivity contribution in [1.29, 1.82) is 0 Å². The van der Waals surface area contributed by atoms with Crippen molar-refractivity contribution in [2.75, 3.05) is 44.9 Å². The largest absolute Gasteiger partial charge is 0.493 e. The molecule has 0 atom stereocenters. The Balaban J connectivity index is 1.68. The van der Waals surface area contributed by atoms with E-state index < -0.39 is 0 Å². The lowest BCUT2D eigenvalue weighted by Gasteiger charge is -2.23. The number of hydrazone groups is 1. The molecule has 1 aliphatic rings. The Morgan fingerprint density at radius 3 is 2.42 bits per heavy atom. The molecular weight excluding hydrogens is 440 g/mol. The Kier molecular flexibility index (Phi) is 8.73. The maximum absolute atomic E-state index is 12.4. The van der Waals surface area contributed by atoms with Crippen LogP contribution in [0.15, 0.2) is 47.6 Å². The zero-order valence-electron chi connectivity index (χ0n) is 19.5. The number of amides is 2. The summed E-state index contributed by atoms with van der Waals surface area (Å²) in [6, 6.07) is 13.1. The highest BCUT2D eigenvalue weighted by Gasteiger charge is 2.23. The number of anilines is 1. The van der Waals surface area contributed by atoms with Crippen molar-refractivity contribution in [3.63, 3.8) is 0 Å². The minimum Gasteiger partial charge on any atom is -0.493 e. The first kappa shape index (κ1) is 24.6. The summed E-state index contributed by atoms with van der Waals surface area (Å²) < 4.78 is 10.7. The Bertz CT molecular complexity index is 1010. The van der Waals surface area contributed by atoms with Gasteiger partial charge in [0.05, 0.1) is 33.0 Å². The van der Waals surface area contributed by atoms with E-state index in [2.05, 4.69) is 15.3 Å². The van der Waals surface area contributed by atoms with Crippen LogP contribution in [0, 0.1) is 0 Å². The lowest BCUT2D eigenvalue weighted by Crippen LogP contribution is -2.32. The third kappa shape index (κ3) is 6.49. The van der Waals surface area contributed by atoms with Gasteiger partial charge in [0.15, 0.2) is 11.5 Å². The number of carbonyl (C=O) groups excluding carboxylic acids is 2. The molecule has 1 aliphatic heterocycles. The number of hydrogen-bond acceptors (Lipinski definition) is 7. The highest BCUT2D eigenvalue weighted by Crippen LogP contribution is 2.30. The highest BCUT2D eigenvalue weighted by atomic mass is 32.2. The quantitative estimate of drug-likeness (QED) is 0.564. The van der Waals surface area contributed by atoms with Gasteiger partial charge in [0, 0.05) is 17.0 Å². The Morgan fingerprint density at radius 1 is 1.09 bits per heavy atom. The van der Waals surface area contributed by atoms with Crippen molar-refractivity contribution in [1.82, 2.24) is 9.91 Å². The van der Waals surface area contributed by atoms with Crippen LogP contribution < -0.4 is 14.8 Å². The van der Waals surface area contributed by atoms with Crippen LogP contribution in [0.25, 0.3) is 0 Å². The minimum atomic E-state index is -0.101.